The molecular weight excluding hydrogens is 278 g/mol. The first-order valence-electron chi connectivity index (χ1n) is 7.15. The first-order valence-corrected chi connectivity index (χ1v) is 7.15. The third kappa shape index (κ3) is 2.96. The summed E-state index contributed by atoms with van der Waals surface area (Å²) in [6.07, 6.45) is 2.39. The van der Waals surface area contributed by atoms with Crippen molar-refractivity contribution in [2.75, 3.05) is 13.7 Å². The number of carbonyl (C=O) groups excluding carboxylic acids is 1. The molecule has 0 saturated carbocycles. The summed E-state index contributed by atoms with van der Waals surface area (Å²) in [5.74, 6) is 0.506. The van der Waals surface area contributed by atoms with Crippen LogP contribution in [-0.4, -0.2) is 19.6 Å². The Labute approximate surface area is 128 Å². The van der Waals surface area contributed by atoms with Crippen molar-refractivity contribution in [3.8, 4) is 5.75 Å². The number of carbonyl (C=O) groups is 1. The summed E-state index contributed by atoms with van der Waals surface area (Å²) < 4.78 is 10.7. The highest BCUT2D eigenvalue weighted by Crippen LogP contribution is 2.28. The molecule has 1 amide bonds. The van der Waals surface area contributed by atoms with Gasteiger partial charge in [-0.2, -0.15) is 0 Å². The van der Waals surface area contributed by atoms with E-state index in [1.54, 1.807) is 25.5 Å². The van der Waals surface area contributed by atoms with E-state index >= 15 is 0 Å². The number of hydrogen-bond acceptors (Lipinski definition) is 3. The summed E-state index contributed by atoms with van der Waals surface area (Å²) in [4.78, 5) is 12.3. The van der Waals surface area contributed by atoms with Gasteiger partial charge in [0.25, 0.3) is 5.91 Å². The molecule has 0 atom stereocenters. The number of benzene rings is 2. The Morgan fingerprint density at radius 2 is 2.00 bits per heavy atom. The van der Waals surface area contributed by atoms with E-state index in [9.17, 15) is 4.79 Å². The number of hydrogen-bond donors (Lipinski definition) is 1. The fourth-order valence-corrected chi connectivity index (χ4v) is 2.41. The minimum Gasteiger partial charge on any atom is -0.496 e. The van der Waals surface area contributed by atoms with Crippen LogP contribution in [0.3, 0.4) is 0 Å². The third-order valence-corrected chi connectivity index (χ3v) is 3.56. The Kier molecular flexibility index (Phi) is 4.10. The fraction of sp³-hybridized carbons (Fsp3) is 0.167. The van der Waals surface area contributed by atoms with Gasteiger partial charge < -0.3 is 14.5 Å². The van der Waals surface area contributed by atoms with Gasteiger partial charge in [-0.05, 0) is 30.2 Å². The molecule has 3 rings (SSSR count). The zero-order chi connectivity index (χ0) is 15.4. The summed E-state index contributed by atoms with van der Waals surface area (Å²) in [6.45, 7) is 0.585. The van der Waals surface area contributed by atoms with Crippen molar-refractivity contribution in [2.24, 2.45) is 0 Å². The summed E-state index contributed by atoms with van der Waals surface area (Å²) in [5, 5.41) is 3.78. The maximum atomic E-state index is 12.3. The summed E-state index contributed by atoms with van der Waals surface area (Å²) >= 11 is 0. The average Bonchev–Trinajstić information content (AvgIpc) is 3.03. The van der Waals surface area contributed by atoms with Gasteiger partial charge in [-0.3, -0.25) is 4.79 Å². The van der Waals surface area contributed by atoms with E-state index in [4.69, 9.17) is 9.15 Å². The van der Waals surface area contributed by atoms with Crippen molar-refractivity contribution in [2.45, 2.75) is 6.42 Å². The highest BCUT2D eigenvalue weighted by molar-refractivity contribution is 5.99. The third-order valence-electron chi connectivity index (χ3n) is 3.56. The van der Waals surface area contributed by atoms with Gasteiger partial charge in [0.2, 0.25) is 0 Å². The molecule has 1 heterocycles. The largest absolute Gasteiger partial charge is 0.496 e. The molecule has 0 unspecified atom stereocenters. The van der Waals surface area contributed by atoms with Crippen LogP contribution in [0.25, 0.3) is 11.0 Å². The summed E-state index contributed by atoms with van der Waals surface area (Å²) in [7, 11) is 1.58. The molecule has 2 aromatic carbocycles. The molecule has 0 aliphatic heterocycles. The molecule has 1 aromatic heterocycles. The van der Waals surface area contributed by atoms with E-state index in [-0.39, 0.29) is 5.91 Å². The molecule has 3 aromatic rings. The molecule has 1 N–H and O–H groups in total. The van der Waals surface area contributed by atoms with E-state index in [1.165, 1.54) is 5.56 Å². The monoisotopic (exact) mass is 295 g/mol. The SMILES string of the molecule is COc1cc(C(=O)NCCc2ccccc2)cc2occc12. The predicted octanol–water partition coefficient (Wildman–Crippen LogP) is 3.41. The minimum atomic E-state index is -0.132. The number of ether oxygens (including phenoxy) is 1. The van der Waals surface area contributed by atoms with Crippen molar-refractivity contribution in [1.82, 2.24) is 5.32 Å². The van der Waals surface area contributed by atoms with Crippen molar-refractivity contribution in [1.29, 1.82) is 0 Å². The molecular formula is C18H17NO3. The Morgan fingerprint density at radius 3 is 2.77 bits per heavy atom. The number of rotatable bonds is 5. The molecule has 0 aliphatic rings. The van der Waals surface area contributed by atoms with Gasteiger partial charge in [-0.1, -0.05) is 30.3 Å². The highest BCUT2D eigenvalue weighted by Gasteiger charge is 2.12. The van der Waals surface area contributed by atoms with Crippen molar-refractivity contribution in [3.05, 3.63) is 65.9 Å². The Balaban J connectivity index is 1.69. The van der Waals surface area contributed by atoms with Gasteiger partial charge in [-0.15, -0.1) is 0 Å². The van der Waals surface area contributed by atoms with E-state index in [0.717, 1.165) is 11.8 Å². The normalized spacial score (nSPS) is 10.6. The van der Waals surface area contributed by atoms with Gasteiger partial charge >= 0.3 is 0 Å². The van der Waals surface area contributed by atoms with Crippen molar-refractivity contribution < 1.29 is 13.9 Å². The van der Waals surface area contributed by atoms with Gasteiger partial charge in [0.15, 0.2) is 0 Å². The average molecular weight is 295 g/mol. The molecule has 4 heteroatoms. The van der Waals surface area contributed by atoms with E-state index in [2.05, 4.69) is 5.32 Å². The van der Waals surface area contributed by atoms with E-state index < -0.39 is 0 Å². The fourth-order valence-electron chi connectivity index (χ4n) is 2.41. The van der Waals surface area contributed by atoms with E-state index in [1.807, 2.05) is 36.4 Å². The highest BCUT2D eigenvalue weighted by atomic mass is 16.5. The zero-order valence-corrected chi connectivity index (χ0v) is 12.3. The summed E-state index contributed by atoms with van der Waals surface area (Å²) in [6, 6.07) is 15.3. The molecule has 112 valence electrons. The van der Waals surface area contributed by atoms with Gasteiger partial charge in [0, 0.05) is 12.1 Å². The molecule has 4 nitrogen and oxygen atoms in total. The van der Waals surface area contributed by atoms with Crippen LogP contribution in [0.1, 0.15) is 15.9 Å². The molecule has 0 bridgehead atoms. The van der Waals surface area contributed by atoms with Crippen LogP contribution in [-0.2, 0) is 6.42 Å². The van der Waals surface area contributed by atoms with Crippen LogP contribution in [0.2, 0.25) is 0 Å². The topological polar surface area (TPSA) is 51.5 Å². The lowest BCUT2D eigenvalue weighted by Crippen LogP contribution is -2.25. The first kappa shape index (κ1) is 14.2. The molecule has 0 aliphatic carbocycles. The van der Waals surface area contributed by atoms with Crippen LogP contribution in [0.5, 0.6) is 5.75 Å². The quantitative estimate of drug-likeness (QED) is 0.784. The predicted molar refractivity (Wildman–Crippen MR) is 85.2 cm³/mol. The molecule has 0 spiro atoms. The second-order valence-electron chi connectivity index (χ2n) is 5.00. The lowest BCUT2D eigenvalue weighted by Gasteiger charge is -2.08. The standard InChI is InChI=1S/C18H17NO3/c1-21-16-11-14(12-17-15(16)8-10-22-17)18(20)19-9-7-13-5-3-2-4-6-13/h2-6,8,10-12H,7,9H2,1H3,(H,19,20). The van der Waals surface area contributed by atoms with Gasteiger partial charge in [0.05, 0.1) is 18.8 Å². The number of fused-ring (bicyclic) bond motifs is 1. The Bertz CT molecular complexity index is 777. The second-order valence-corrected chi connectivity index (χ2v) is 5.00. The maximum Gasteiger partial charge on any atom is 0.251 e. The number of amides is 1. The smallest absolute Gasteiger partial charge is 0.251 e. The van der Waals surface area contributed by atoms with Crippen LogP contribution in [0.15, 0.2) is 59.2 Å². The number of methoxy groups -OCH3 is 1. The van der Waals surface area contributed by atoms with Crippen LogP contribution in [0, 0.1) is 0 Å². The van der Waals surface area contributed by atoms with Crippen molar-refractivity contribution >= 4 is 16.9 Å². The minimum absolute atomic E-state index is 0.132. The molecule has 0 saturated heterocycles. The van der Waals surface area contributed by atoms with Gasteiger partial charge in [0.1, 0.15) is 11.3 Å². The number of nitrogens with one attached hydrogen (secondary N) is 1. The lowest BCUT2D eigenvalue weighted by molar-refractivity contribution is 0.0954. The summed E-state index contributed by atoms with van der Waals surface area (Å²) in [5.41, 5.74) is 2.38. The van der Waals surface area contributed by atoms with Crippen LogP contribution in [0.4, 0.5) is 0 Å². The number of furan rings is 1. The molecule has 0 fully saturated rings. The second kappa shape index (κ2) is 6.35. The van der Waals surface area contributed by atoms with E-state index in [0.29, 0.717) is 23.4 Å². The maximum absolute atomic E-state index is 12.3. The van der Waals surface area contributed by atoms with Gasteiger partial charge in [-0.25, -0.2) is 0 Å². The van der Waals surface area contributed by atoms with Crippen LogP contribution >= 0.6 is 0 Å². The molecule has 0 radical (unpaired) electrons. The van der Waals surface area contributed by atoms with Crippen molar-refractivity contribution in [3.63, 3.8) is 0 Å². The zero-order valence-electron chi connectivity index (χ0n) is 12.3. The Morgan fingerprint density at radius 1 is 1.18 bits per heavy atom. The molecule has 22 heavy (non-hydrogen) atoms. The lowest BCUT2D eigenvalue weighted by atomic mass is 10.1. The Hall–Kier alpha value is -2.75. The van der Waals surface area contributed by atoms with Crippen LogP contribution < -0.4 is 10.1 Å². The first-order chi connectivity index (χ1) is 10.8.